The van der Waals surface area contributed by atoms with Gasteiger partial charge in [-0.1, -0.05) is 13.8 Å². The Morgan fingerprint density at radius 1 is 1.56 bits per heavy atom. The topological polar surface area (TPSA) is 32.3 Å². The molecule has 2 unspecified atom stereocenters. The molecule has 0 aromatic carbocycles. The zero-order chi connectivity index (χ0) is 6.85. The Morgan fingerprint density at radius 3 is 2.44 bits per heavy atom. The number of aliphatic hydroxyl groups is 1. The third-order valence-electron chi connectivity index (χ3n) is 1.95. The van der Waals surface area contributed by atoms with Crippen LogP contribution in [0.3, 0.4) is 0 Å². The predicted molar refractivity (Wildman–Crippen MR) is 37.3 cm³/mol. The highest BCUT2D eigenvalue weighted by molar-refractivity contribution is 4.82. The maximum absolute atomic E-state index is 9.09. The van der Waals surface area contributed by atoms with E-state index in [-0.39, 0.29) is 6.10 Å². The minimum absolute atomic E-state index is 0.0996. The van der Waals surface area contributed by atoms with E-state index in [1.165, 1.54) is 0 Å². The lowest BCUT2D eigenvalue weighted by Gasteiger charge is -2.12. The van der Waals surface area contributed by atoms with Crippen LogP contribution >= 0.6 is 0 Å². The molecule has 1 aliphatic heterocycles. The molecule has 2 atom stereocenters. The molecular weight excluding hydrogens is 114 g/mol. The average molecular weight is 129 g/mol. The van der Waals surface area contributed by atoms with Gasteiger partial charge in [-0.2, -0.15) is 0 Å². The minimum atomic E-state index is -0.0996. The standard InChI is InChI=1S/C7H15NO/c1-5(2)7-3-6(9)4-8-7/h5-9H,3-4H2,1-2H3. The van der Waals surface area contributed by atoms with E-state index in [9.17, 15) is 0 Å². The second-order valence-corrected chi connectivity index (χ2v) is 3.15. The van der Waals surface area contributed by atoms with E-state index in [2.05, 4.69) is 19.2 Å². The van der Waals surface area contributed by atoms with E-state index in [4.69, 9.17) is 5.11 Å². The van der Waals surface area contributed by atoms with Gasteiger partial charge in [0.1, 0.15) is 0 Å². The first-order valence-electron chi connectivity index (χ1n) is 3.61. The molecule has 54 valence electrons. The third-order valence-corrected chi connectivity index (χ3v) is 1.95. The fraction of sp³-hybridized carbons (Fsp3) is 1.00. The van der Waals surface area contributed by atoms with Gasteiger partial charge in [0.15, 0.2) is 0 Å². The maximum Gasteiger partial charge on any atom is 0.0679 e. The van der Waals surface area contributed by atoms with Crippen LogP contribution in [0.4, 0.5) is 0 Å². The first kappa shape index (κ1) is 7.03. The normalized spacial score (nSPS) is 36.0. The summed E-state index contributed by atoms with van der Waals surface area (Å²) in [5, 5.41) is 12.3. The molecule has 2 heteroatoms. The van der Waals surface area contributed by atoms with Crippen LogP contribution in [-0.2, 0) is 0 Å². The fourth-order valence-corrected chi connectivity index (χ4v) is 1.26. The molecule has 0 aromatic heterocycles. The molecule has 0 radical (unpaired) electrons. The van der Waals surface area contributed by atoms with Gasteiger partial charge in [-0.3, -0.25) is 0 Å². The Bertz CT molecular complexity index is 92.9. The zero-order valence-electron chi connectivity index (χ0n) is 6.09. The molecule has 1 aliphatic rings. The van der Waals surface area contributed by atoms with Crippen molar-refractivity contribution < 1.29 is 5.11 Å². The Hall–Kier alpha value is -0.0800. The quantitative estimate of drug-likeness (QED) is 0.536. The van der Waals surface area contributed by atoms with Crippen LogP contribution in [0.5, 0.6) is 0 Å². The summed E-state index contributed by atoms with van der Waals surface area (Å²) in [7, 11) is 0. The van der Waals surface area contributed by atoms with Crippen molar-refractivity contribution in [3.8, 4) is 0 Å². The summed E-state index contributed by atoms with van der Waals surface area (Å²) in [5.74, 6) is 0.655. The molecule has 2 nitrogen and oxygen atoms in total. The summed E-state index contributed by atoms with van der Waals surface area (Å²) in [6, 6.07) is 0.542. The Balaban J connectivity index is 2.30. The number of β-amino-alcohol motifs (C(OH)–C–C–N with tert-alkyl or cyclic N) is 1. The van der Waals surface area contributed by atoms with Gasteiger partial charge in [0.2, 0.25) is 0 Å². The zero-order valence-corrected chi connectivity index (χ0v) is 6.09. The summed E-state index contributed by atoms with van der Waals surface area (Å²) in [5.41, 5.74) is 0. The van der Waals surface area contributed by atoms with Crippen molar-refractivity contribution in [1.29, 1.82) is 0 Å². The third kappa shape index (κ3) is 1.66. The molecule has 1 rings (SSSR count). The largest absolute Gasteiger partial charge is 0.392 e. The molecule has 0 aromatic rings. The highest BCUT2D eigenvalue weighted by Crippen LogP contribution is 2.13. The van der Waals surface area contributed by atoms with Gasteiger partial charge in [0.25, 0.3) is 0 Å². The molecule has 0 aliphatic carbocycles. The molecule has 1 heterocycles. The van der Waals surface area contributed by atoms with Gasteiger partial charge in [-0.15, -0.1) is 0 Å². The number of rotatable bonds is 1. The van der Waals surface area contributed by atoms with Crippen molar-refractivity contribution in [2.24, 2.45) is 5.92 Å². The second kappa shape index (κ2) is 2.67. The van der Waals surface area contributed by atoms with Gasteiger partial charge in [-0.05, 0) is 12.3 Å². The van der Waals surface area contributed by atoms with E-state index >= 15 is 0 Å². The lowest BCUT2D eigenvalue weighted by atomic mass is 10.0. The summed E-state index contributed by atoms with van der Waals surface area (Å²) in [6.45, 7) is 5.13. The van der Waals surface area contributed by atoms with Crippen LogP contribution in [0.15, 0.2) is 0 Å². The van der Waals surface area contributed by atoms with Crippen molar-refractivity contribution >= 4 is 0 Å². The Labute approximate surface area is 56.3 Å². The lowest BCUT2D eigenvalue weighted by molar-refractivity contribution is 0.190. The number of hydrogen-bond donors (Lipinski definition) is 2. The van der Waals surface area contributed by atoms with Gasteiger partial charge in [0.05, 0.1) is 6.10 Å². The molecule has 0 spiro atoms. The molecule has 9 heavy (non-hydrogen) atoms. The van der Waals surface area contributed by atoms with Crippen LogP contribution in [0.25, 0.3) is 0 Å². The summed E-state index contributed by atoms with van der Waals surface area (Å²) in [4.78, 5) is 0. The van der Waals surface area contributed by atoms with Crippen molar-refractivity contribution in [2.75, 3.05) is 6.54 Å². The average Bonchev–Trinajstić information content (AvgIpc) is 2.14. The van der Waals surface area contributed by atoms with E-state index in [1.807, 2.05) is 0 Å². The minimum Gasteiger partial charge on any atom is -0.392 e. The monoisotopic (exact) mass is 129 g/mol. The summed E-state index contributed by atoms with van der Waals surface area (Å²) in [6.07, 6.45) is 0.829. The summed E-state index contributed by atoms with van der Waals surface area (Å²) >= 11 is 0. The highest BCUT2D eigenvalue weighted by atomic mass is 16.3. The van der Waals surface area contributed by atoms with Crippen LogP contribution < -0.4 is 5.32 Å². The van der Waals surface area contributed by atoms with Gasteiger partial charge in [-0.25, -0.2) is 0 Å². The van der Waals surface area contributed by atoms with Crippen molar-refractivity contribution in [1.82, 2.24) is 5.32 Å². The molecule has 1 saturated heterocycles. The van der Waals surface area contributed by atoms with Crippen molar-refractivity contribution in [3.63, 3.8) is 0 Å². The van der Waals surface area contributed by atoms with Crippen LogP contribution in [0.1, 0.15) is 20.3 Å². The van der Waals surface area contributed by atoms with Crippen LogP contribution in [0.2, 0.25) is 0 Å². The second-order valence-electron chi connectivity index (χ2n) is 3.15. The molecular formula is C7H15NO. The van der Waals surface area contributed by atoms with E-state index in [0.717, 1.165) is 13.0 Å². The smallest absolute Gasteiger partial charge is 0.0679 e. The van der Waals surface area contributed by atoms with Crippen LogP contribution in [0, 0.1) is 5.92 Å². The molecule has 2 N–H and O–H groups in total. The molecule has 0 saturated carbocycles. The number of nitrogens with one attached hydrogen (secondary N) is 1. The predicted octanol–water partition coefficient (Wildman–Crippen LogP) is 0.365. The molecule has 1 fully saturated rings. The number of aliphatic hydroxyl groups excluding tert-OH is 1. The highest BCUT2D eigenvalue weighted by Gasteiger charge is 2.23. The van der Waals surface area contributed by atoms with Gasteiger partial charge in [0, 0.05) is 12.6 Å². The van der Waals surface area contributed by atoms with Crippen molar-refractivity contribution in [2.45, 2.75) is 32.4 Å². The maximum atomic E-state index is 9.09. The first-order valence-corrected chi connectivity index (χ1v) is 3.61. The van der Waals surface area contributed by atoms with Gasteiger partial charge < -0.3 is 10.4 Å². The van der Waals surface area contributed by atoms with Gasteiger partial charge >= 0.3 is 0 Å². The lowest BCUT2D eigenvalue weighted by Crippen LogP contribution is -2.26. The summed E-state index contributed by atoms with van der Waals surface area (Å²) < 4.78 is 0. The fourth-order valence-electron chi connectivity index (χ4n) is 1.26. The molecule has 0 amide bonds. The van der Waals surface area contributed by atoms with E-state index < -0.39 is 0 Å². The Morgan fingerprint density at radius 2 is 2.22 bits per heavy atom. The van der Waals surface area contributed by atoms with Crippen LogP contribution in [-0.4, -0.2) is 23.8 Å². The SMILES string of the molecule is CC(C)C1CC(O)CN1. The van der Waals surface area contributed by atoms with E-state index in [0.29, 0.717) is 12.0 Å². The van der Waals surface area contributed by atoms with E-state index in [1.54, 1.807) is 0 Å². The number of hydrogen-bond acceptors (Lipinski definition) is 2. The molecule has 0 bridgehead atoms. The van der Waals surface area contributed by atoms with Crippen molar-refractivity contribution in [3.05, 3.63) is 0 Å². The first-order chi connectivity index (χ1) is 4.20. The Kier molecular flexibility index (Phi) is 2.09.